The third-order valence-corrected chi connectivity index (χ3v) is 31.6. The Morgan fingerprint density at radius 1 is 0.162 bits per heavy atom. The number of rotatable bonds is 18. The summed E-state index contributed by atoms with van der Waals surface area (Å²) in [5.41, 5.74) is 20.7. The minimum absolute atomic E-state index is 0.603. The number of aromatic nitrogens is 3. The monoisotopic (exact) mass is 1450 g/mol. The van der Waals surface area contributed by atoms with Gasteiger partial charge in [-0.05, 0) is 138 Å². The number of nitrogens with zero attached hydrogens (tertiary/aromatic N) is 3. The van der Waals surface area contributed by atoms with Gasteiger partial charge in [-0.1, -0.05) is 431 Å². The molecule has 19 aromatic rings. The normalized spacial score (nSPS) is 11.6. The smallest absolute Gasteiger partial charge is 0.179 e. The van der Waals surface area contributed by atoms with E-state index in [0.29, 0.717) is 5.82 Å². The van der Waals surface area contributed by atoms with E-state index in [2.05, 4.69) is 460 Å². The summed E-state index contributed by atoms with van der Waals surface area (Å²) < 4.78 is 2.36. The molecule has 0 amide bonds. The van der Waals surface area contributed by atoms with Gasteiger partial charge in [0.05, 0.1) is 16.7 Å². The van der Waals surface area contributed by atoms with Crippen LogP contribution in [-0.4, -0.2) is 30.7 Å². The molecule has 17 aromatic carbocycles. The quantitative estimate of drug-likeness (QED) is 0.0633. The van der Waals surface area contributed by atoms with Gasteiger partial charge in [-0.3, -0.25) is 4.57 Å². The lowest BCUT2D eigenvalue weighted by Gasteiger charge is -2.39. The van der Waals surface area contributed by atoms with E-state index in [4.69, 9.17) is 9.97 Å². The highest BCUT2D eigenvalue weighted by Gasteiger charge is 2.47. The highest BCUT2D eigenvalue weighted by atomic mass is 28.3. The van der Waals surface area contributed by atoms with E-state index in [0.717, 1.165) is 122 Å². The van der Waals surface area contributed by atoms with Gasteiger partial charge in [-0.25, -0.2) is 9.97 Å². The zero-order valence-electron chi connectivity index (χ0n) is 61.1. The molecule has 5 heteroatoms. The first-order chi connectivity index (χ1) is 55.0. The second-order valence-corrected chi connectivity index (χ2v) is 36.4. The molecule has 0 spiro atoms. The molecule has 0 aliphatic carbocycles. The van der Waals surface area contributed by atoms with Gasteiger partial charge in [0, 0.05) is 28.0 Å². The summed E-state index contributed by atoms with van der Waals surface area (Å²) in [5, 5.41) is 12.1. The van der Waals surface area contributed by atoms with Crippen LogP contribution in [0.4, 0.5) is 0 Å². The summed E-state index contributed by atoms with van der Waals surface area (Å²) in [5.74, 6) is 1.37. The van der Waals surface area contributed by atoms with E-state index < -0.39 is 16.1 Å². The summed E-state index contributed by atoms with van der Waals surface area (Å²) in [6.07, 6.45) is 0. The summed E-state index contributed by atoms with van der Waals surface area (Å²) in [6.45, 7) is 0. The van der Waals surface area contributed by atoms with Gasteiger partial charge >= 0.3 is 0 Å². The maximum Gasteiger partial charge on any atom is 0.179 e. The standard InChI is InChI=1S/C106H75N3Si2/c1-8-33-76(34-9-1)83-47-26-54-90(65-83)102-75-105(109-103-63-24-22-61-100(103)101-62-23-25-64-104(101)109)108-106(107-102)91-72-98(110(92-55-27-48-84(66-92)77-35-10-2-11-36-77,93-56-28-49-85(67-93)78-37-12-3-13-38-78)94-57-29-50-86(68-94)79-39-14-4-15-40-79)74-99(73-91)111(95-58-30-51-87(69-95)80-41-16-5-17-42-80,96-59-31-52-88(70-96)81-43-18-6-19-44-81)97-60-32-53-89(71-97)82-45-20-7-21-46-82/h1-75H. The maximum atomic E-state index is 6.14. The lowest BCUT2D eigenvalue weighted by molar-refractivity contribution is 1.05. The average molecular weight is 1450 g/mol. The largest absolute Gasteiger partial charge is 0.294 e. The Morgan fingerprint density at radius 2 is 0.396 bits per heavy atom. The molecule has 0 atom stereocenters. The maximum absolute atomic E-state index is 6.14. The van der Waals surface area contributed by atoms with Crippen LogP contribution in [0.1, 0.15) is 0 Å². The summed E-state index contributed by atoms with van der Waals surface area (Å²) >= 11 is 0. The fourth-order valence-corrected chi connectivity index (χ4v) is 27.0. The van der Waals surface area contributed by atoms with Crippen LogP contribution in [0.3, 0.4) is 0 Å². The van der Waals surface area contributed by atoms with E-state index in [1.807, 2.05) is 0 Å². The first kappa shape index (κ1) is 67.6. The van der Waals surface area contributed by atoms with Crippen LogP contribution in [0.25, 0.3) is 128 Å². The molecule has 2 aromatic heterocycles. The van der Waals surface area contributed by atoms with Gasteiger partial charge in [0.2, 0.25) is 0 Å². The Morgan fingerprint density at radius 3 is 0.694 bits per heavy atom. The first-order valence-electron chi connectivity index (χ1n) is 38.2. The van der Waals surface area contributed by atoms with Crippen molar-refractivity contribution >= 4 is 79.4 Å². The summed E-state index contributed by atoms with van der Waals surface area (Å²) in [7, 11) is -7.72. The predicted molar refractivity (Wildman–Crippen MR) is 473 cm³/mol. The Kier molecular flexibility index (Phi) is 18.1. The number of hydrogen-bond donors (Lipinski definition) is 0. The zero-order valence-corrected chi connectivity index (χ0v) is 63.1. The van der Waals surface area contributed by atoms with Crippen molar-refractivity contribution in [3.05, 3.63) is 455 Å². The summed E-state index contributed by atoms with van der Waals surface area (Å²) in [4.78, 5) is 12.2. The molecule has 2 heterocycles. The fourth-order valence-electron chi connectivity index (χ4n) is 17.0. The van der Waals surface area contributed by atoms with Crippen LogP contribution in [0.2, 0.25) is 0 Å². The van der Waals surface area contributed by atoms with Crippen molar-refractivity contribution in [1.29, 1.82) is 0 Å². The van der Waals surface area contributed by atoms with Crippen LogP contribution in [0.15, 0.2) is 455 Å². The van der Waals surface area contributed by atoms with Gasteiger partial charge in [0.15, 0.2) is 22.0 Å². The first-order valence-corrected chi connectivity index (χ1v) is 42.2. The molecule has 0 fully saturated rings. The van der Waals surface area contributed by atoms with Crippen molar-refractivity contribution < 1.29 is 0 Å². The second kappa shape index (κ2) is 29.7. The van der Waals surface area contributed by atoms with Crippen LogP contribution >= 0.6 is 0 Å². The van der Waals surface area contributed by atoms with Gasteiger partial charge < -0.3 is 0 Å². The molecule has 19 rings (SSSR count). The van der Waals surface area contributed by atoms with Crippen LogP contribution in [0, 0.1) is 0 Å². The molecule has 0 aliphatic rings. The number of fused-ring (bicyclic) bond motifs is 3. The molecule has 0 aliphatic heterocycles. The zero-order chi connectivity index (χ0) is 73.9. The predicted octanol–water partition coefficient (Wildman–Crippen LogP) is 21.3. The molecule has 0 unspecified atom stereocenters. The molecule has 522 valence electrons. The van der Waals surface area contributed by atoms with Crippen LogP contribution in [0.5, 0.6) is 0 Å². The van der Waals surface area contributed by atoms with Crippen LogP contribution < -0.4 is 41.5 Å². The topological polar surface area (TPSA) is 30.7 Å². The number of para-hydroxylation sites is 2. The molecule has 111 heavy (non-hydrogen) atoms. The van der Waals surface area contributed by atoms with Crippen molar-refractivity contribution in [3.8, 4) is 106 Å². The van der Waals surface area contributed by atoms with E-state index >= 15 is 0 Å². The van der Waals surface area contributed by atoms with Crippen molar-refractivity contribution in [2.24, 2.45) is 0 Å². The van der Waals surface area contributed by atoms with Gasteiger partial charge in [0.1, 0.15) is 5.82 Å². The fraction of sp³-hybridized carbons (Fsp3) is 0. The molecule has 0 N–H and O–H groups in total. The van der Waals surface area contributed by atoms with Crippen molar-refractivity contribution in [1.82, 2.24) is 14.5 Å². The Balaban J connectivity index is 1.02. The molecule has 0 saturated heterocycles. The average Bonchev–Trinajstić information content (AvgIpc) is 1.09. The van der Waals surface area contributed by atoms with Gasteiger partial charge in [-0.2, -0.15) is 0 Å². The SMILES string of the molecule is c1ccc(-c2cccc(-c3cc(-n4c5ccccc5c5ccccc54)nc(-c4cc([Si](c5cccc(-c6ccccc6)c5)(c5cccc(-c6ccccc6)c5)c5cccc(-c6ccccc6)c5)cc([Si](c5cccc(-c6ccccc6)c5)(c5cccc(-c6ccccc6)c5)c5cccc(-c6ccccc6)c5)c4)n3)c2)cc1. The third-order valence-electron chi connectivity index (χ3n) is 22.3. The molecule has 0 bridgehead atoms. The lowest BCUT2D eigenvalue weighted by Crippen LogP contribution is -2.78. The Labute approximate surface area is 650 Å². The van der Waals surface area contributed by atoms with E-state index in [9.17, 15) is 0 Å². The molecule has 0 radical (unpaired) electrons. The molecular weight excluding hydrogens is 1370 g/mol. The molecular formula is C106H75N3Si2. The minimum atomic E-state index is -3.86. The van der Waals surface area contributed by atoms with Gasteiger partial charge in [-0.15, -0.1) is 0 Å². The summed E-state index contributed by atoms with van der Waals surface area (Å²) in [6, 6.07) is 170. The number of benzene rings is 17. The second-order valence-electron chi connectivity index (χ2n) is 28.7. The Hall–Kier alpha value is -13.9. The van der Waals surface area contributed by atoms with Crippen molar-refractivity contribution in [2.45, 2.75) is 0 Å². The van der Waals surface area contributed by atoms with E-state index in [1.54, 1.807) is 0 Å². The highest BCUT2D eigenvalue weighted by molar-refractivity contribution is 7.22. The van der Waals surface area contributed by atoms with Crippen molar-refractivity contribution in [3.63, 3.8) is 0 Å². The van der Waals surface area contributed by atoms with E-state index in [1.165, 1.54) is 41.5 Å². The lowest BCUT2D eigenvalue weighted by atomic mass is 10.0. The highest BCUT2D eigenvalue weighted by Crippen LogP contribution is 2.36. The number of hydrogen-bond acceptors (Lipinski definition) is 2. The minimum Gasteiger partial charge on any atom is -0.294 e. The molecule has 3 nitrogen and oxygen atoms in total. The van der Waals surface area contributed by atoms with Crippen LogP contribution in [-0.2, 0) is 0 Å². The Bertz CT molecular complexity index is 5840. The molecule has 0 saturated carbocycles. The van der Waals surface area contributed by atoms with Gasteiger partial charge in [0.25, 0.3) is 0 Å². The van der Waals surface area contributed by atoms with E-state index in [-0.39, 0.29) is 0 Å². The van der Waals surface area contributed by atoms with Crippen molar-refractivity contribution in [2.75, 3.05) is 0 Å². The third kappa shape index (κ3) is 12.8.